The van der Waals surface area contributed by atoms with E-state index < -0.39 is 0 Å². The Labute approximate surface area is 77.9 Å². The van der Waals surface area contributed by atoms with Crippen LogP contribution in [0, 0.1) is 11.8 Å². The zero-order valence-corrected chi connectivity index (χ0v) is 7.38. The van der Waals surface area contributed by atoms with E-state index in [4.69, 9.17) is 11.6 Å². The molecular weight excluding hydrogens is 168 g/mol. The van der Waals surface area contributed by atoms with Gasteiger partial charge in [0.2, 0.25) is 0 Å². The third-order valence-electron chi connectivity index (χ3n) is 1.33. The van der Waals surface area contributed by atoms with Gasteiger partial charge in [-0.1, -0.05) is 42.2 Å². The SMILES string of the molecule is ClCC#C/C=C\c1ccccc1. The topological polar surface area (TPSA) is 0 Å². The molecule has 1 rings (SSSR count). The van der Waals surface area contributed by atoms with Gasteiger partial charge in [-0.05, 0) is 17.7 Å². The van der Waals surface area contributed by atoms with Gasteiger partial charge >= 0.3 is 0 Å². The minimum absolute atomic E-state index is 0.388. The molecule has 0 aliphatic heterocycles. The quantitative estimate of drug-likeness (QED) is 0.456. The molecule has 0 atom stereocenters. The molecule has 1 aromatic carbocycles. The number of alkyl halides is 1. The molecule has 0 aliphatic carbocycles. The minimum Gasteiger partial charge on any atom is -0.113 e. The van der Waals surface area contributed by atoms with Gasteiger partial charge in [-0.2, -0.15) is 0 Å². The zero-order valence-electron chi connectivity index (χ0n) is 6.63. The summed E-state index contributed by atoms with van der Waals surface area (Å²) in [6.07, 6.45) is 3.76. The predicted octanol–water partition coefficient (Wildman–Crippen LogP) is 2.94. The van der Waals surface area contributed by atoms with Crippen molar-refractivity contribution in [3.05, 3.63) is 42.0 Å². The van der Waals surface area contributed by atoms with Crippen molar-refractivity contribution >= 4 is 17.7 Å². The van der Waals surface area contributed by atoms with Crippen LogP contribution in [0.5, 0.6) is 0 Å². The number of benzene rings is 1. The maximum Gasteiger partial charge on any atom is 0.0838 e. The molecule has 0 unspecified atom stereocenters. The summed E-state index contributed by atoms with van der Waals surface area (Å²) < 4.78 is 0. The van der Waals surface area contributed by atoms with E-state index in [1.165, 1.54) is 0 Å². The molecule has 0 spiro atoms. The molecule has 0 aliphatic rings. The Kier molecular flexibility index (Phi) is 4.05. The van der Waals surface area contributed by atoms with Gasteiger partial charge in [0.1, 0.15) is 0 Å². The van der Waals surface area contributed by atoms with Gasteiger partial charge in [0.15, 0.2) is 0 Å². The van der Waals surface area contributed by atoms with Gasteiger partial charge in [0.25, 0.3) is 0 Å². The van der Waals surface area contributed by atoms with E-state index in [2.05, 4.69) is 11.8 Å². The van der Waals surface area contributed by atoms with E-state index in [1.54, 1.807) is 6.08 Å². The summed E-state index contributed by atoms with van der Waals surface area (Å²) in [7, 11) is 0. The Morgan fingerprint density at radius 2 is 2.00 bits per heavy atom. The first-order chi connectivity index (χ1) is 5.93. The third-order valence-corrected chi connectivity index (χ3v) is 1.46. The van der Waals surface area contributed by atoms with E-state index in [0.717, 1.165) is 5.56 Å². The second-order valence-electron chi connectivity index (χ2n) is 2.20. The smallest absolute Gasteiger partial charge is 0.0838 e. The van der Waals surface area contributed by atoms with Crippen molar-refractivity contribution in [1.82, 2.24) is 0 Å². The van der Waals surface area contributed by atoms with E-state index >= 15 is 0 Å². The number of hydrogen-bond acceptors (Lipinski definition) is 0. The van der Waals surface area contributed by atoms with Gasteiger partial charge in [-0.15, -0.1) is 11.6 Å². The van der Waals surface area contributed by atoms with Crippen LogP contribution in [-0.2, 0) is 0 Å². The summed E-state index contributed by atoms with van der Waals surface area (Å²) in [6, 6.07) is 10.0. The normalized spacial score (nSPS) is 9.42. The lowest BCUT2D eigenvalue weighted by Gasteiger charge is -1.87. The molecule has 0 amide bonds. The number of rotatable bonds is 1. The van der Waals surface area contributed by atoms with Crippen LogP contribution < -0.4 is 0 Å². The highest BCUT2D eigenvalue weighted by atomic mass is 35.5. The summed E-state index contributed by atoms with van der Waals surface area (Å²) in [6.45, 7) is 0. The first kappa shape index (κ1) is 8.90. The van der Waals surface area contributed by atoms with Crippen molar-refractivity contribution in [3.8, 4) is 11.8 Å². The maximum absolute atomic E-state index is 5.38. The summed E-state index contributed by atoms with van der Waals surface area (Å²) in [4.78, 5) is 0. The predicted molar refractivity (Wildman–Crippen MR) is 54.0 cm³/mol. The van der Waals surface area contributed by atoms with E-state index in [0.29, 0.717) is 5.88 Å². The Bertz CT molecular complexity index is 301. The van der Waals surface area contributed by atoms with Crippen LogP contribution in [0.2, 0.25) is 0 Å². The molecule has 1 heteroatoms. The second-order valence-corrected chi connectivity index (χ2v) is 2.47. The lowest BCUT2D eigenvalue weighted by atomic mass is 10.2. The van der Waals surface area contributed by atoms with Crippen molar-refractivity contribution < 1.29 is 0 Å². The van der Waals surface area contributed by atoms with Crippen LogP contribution in [0.1, 0.15) is 5.56 Å². The molecule has 0 bridgehead atoms. The first-order valence-corrected chi connectivity index (χ1v) is 4.23. The van der Waals surface area contributed by atoms with Gasteiger partial charge in [-0.25, -0.2) is 0 Å². The fourth-order valence-electron chi connectivity index (χ4n) is 0.800. The zero-order chi connectivity index (χ0) is 8.65. The summed E-state index contributed by atoms with van der Waals surface area (Å²) in [5.41, 5.74) is 1.15. The molecule has 0 heterocycles. The molecule has 0 saturated carbocycles. The molecule has 0 aromatic heterocycles. The Morgan fingerprint density at radius 1 is 1.25 bits per heavy atom. The fraction of sp³-hybridized carbons (Fsp3) is 0.0909. The summed E-state index contributed by atoms with van der Waals surface area (Å²) in [5, 5.41) is 0. The van der Waals surface area contributed by atoms with Gasteiger partial charge in [0.05, 0.1) is 5.88 Å². The Morgan fingerprint density at radius 3 is 2.67 bits per heavy atom. The van der Waals surface area contributed by atoms with Crippen molar-refractivity contribution in [2.45, 2.75) is 0 Å². The molecule has 0 nitrogen and oxygen atoms in total. The van der Waals surface area contributed by atoms with Gasteiger partial charge in [-0.3, -0.25) is 0 Å². The number of halogens is 1. The van der Waals surface area contributed by atoms with Gasteiger partial charge in [0, 0.05) is 0 Å². The average Bonchev–Trinajstić information content (AvgIpc) is 2.14. The van der Waals surface area contributed by atoms with Crippen LogP contribution in [0.3, 0.4) is 0 Å². The number of allylic oxidation sites excluding steroid dienone is 1. The molecule has 0 radical (unpaired) electrons. The molecule has 60 valence electrons. The second kappa shape index (κ2) is 5.46. The van der Waals surface area contributed by atoms with Crippen LogP contribution in [-0.4, -0.2) is 5.88 Å². The molecule has 0 saturated heterocycles. The van der Waals surface area contributed by atoms with E-state index in [1.807, 2.05) is 36.4 Å². The van der Waals surface area contributed by atoms with Crippen LogP contribution in [0.25, 0.3) is 6.08 Å². The fourth-order valence-corrected chi connectivity index (χ4v) is 0.877. The van der Waals surface area contributed by atoms with Gasteiger partial charge < -0.3 is 0 Å². The van der Waals surface area contributed by atoms with Crippen molar-refractivity contribution in [3.63, 3.8) is 0 Å². The molecule has 0 fully saturated rings. The summed E-state index contributed by atoms with van der Waals surface area (Å²) >= 11 is 5.38. The van der Waals surface area contributed by atoms with Crippen molar-refractivity contribution in [2.24, 2.45) is 0 Å². The highest BCUT2D eigenvalue weighted by molar-refractivity contribution is 6.19. The Balaban J connectivity index is 2.58. The Hall–Kier alpha value is -1.19. The molecule has 1 aromatic rings. The minimum atomic E-state index is 0.388. The standard InChI is InChI=1S/C11H9Cl/c12-10-6-2-5-9-11-7-3-1-4-8-11/h1,3-5,7-9H,10H2/b9-5-. The molecule has 12 heavy (non-hydrogen) atoms. The van der Waals surface area contributed by atoms with Crippen molar-refractivity contribution in [2.75, 3.05) is 5.88 Å². The summed E-state index contributed by atoms with van der Waals surface area (Å²) in [5.74, 6) is 5.96. The van der Waals surface area contributed by atoms with Crippen LogP contribution >= 0.6 is 11.6 Å². The monoisotopic (exact) mass is 176 g/mol. The third kappa shape index (κ3) is 3.27. The molecular formula is C11H9Cl. The average molecular weight is 177 g/mol. The lowest BCUT2D eigenvalue weighted by Crippen LogP contribution is -1.66. The van der Waals surface area contributed by atoms with E-state index in [-0.39, 0.29) is 0 Å². The largest absolute Gasteiger partial charge is 0.113 e. The van der Waals surface area contributed by atoms with Crippen LogP contribution in [0.4, 0.5) is 0 Å². The van der Waals surface area contributed by atoms with Crippen molar-refractivity contribution in [1.29, 1.82) is 0 Å². The number of hydrogen-bond donors (Lipinski definition) is 0. The molecule has 0 N–H and O–H groups in total. The highest BCUT2D eigenvalue weighted by Gasteiger charge is 1.78. The highest BCUT2D eigenvalue weighted by Crippen LogP contribution is 1.99. The maximum atomic E-state index is 5.38. The van der Waals surface area contributed by atoms with E-state index in [9.17, 15) is 0 Å². The van der Waals surface area contributed by atoms with Crippen LogP contribution in [0.15, 0.2) is 36.4 Å². The first-order valence-electron chi connectivity index (χ1n) is 3.69. The lowest BCUT2D eigenvalue weighted by molar-refractivity contribution is 1.66.